The minimum absolute atomic E-state index is 0.131. The van der Waals surface area contributed by atoms with Gasteiger partial charge in [0.2, 0.25) is 0 Å². The number of esters is 2. The molecule has 0 bridgehead atoms. The zero-order valence-electron chi connectivity index (χ0n) is 16.5. The van der Waals surface area contributed by atoms with Gasteiger partial charge >= 0.3 is 11.9 Å². The van der Waals surface area contributed by atoms with Crippen molar-refractivity contribution < 1.29 is 23.9 Å². The number of para-hydroxylation sites is 1. The number of aromatic nitrogens is 1. The van der Waals surface area contributed by atoms with E-state index >= 15 is 0 Å². The molecule has 0 aliphatic rings. The Balaban J connectivity index is 1.65. The van der Waals surface area contributed by atoms with Gasteiger partial charge in [0.25, 0.3) is 5.91 Å². The summed E-state index contributed by atoms with van der Waals surface area (Å²) >= 11 is 0. The summed E-state index contributed by atoms with van der Waals surface area (Å²) in [7, 11) is 1.30. The first-order valence-corrected chi connectivity index (χ1v) is 9.08. The van der Waals surface area contributed by atoms with Crippen LogP contribution in [-0.2, 0) is 25.6 Å². The van der Waals surface area contributed by atoms with Crippen molar-refractivity contribution in [3.8, 4) is 0 Å². The molecule has 3 rings (SSSR count). The number of amides is 1. The fourth-order valence-electron chi connectivity index (χ4n) is 3.05. The number of methoxy groups -OCH3 is 1. The Kier molecular flexibility index (Phi) is 5.97. The van der Waals surface area contributed by atoms with Gasteiger partial charge in [0.1, 0.15) is 6.54 Å². The lowest BCUT2D eigenvalue weighted by Gasteiger charge is -2.11. The molecule has 2 aromatic carbocycles. The highest BCUT2D eigenvalue weighted by Gasteiger charge is 2.17. The van der Waals surface area contributed by atoms with Gasteiger partial charge in [-0.05, 0) is 37.1 Å². The molecule has 150 valence electrons. The Bertz CT molecular complexity index is 1080. The second-order valence-electron chi connectivity index (χ2n) is 6.64. The number of benzene rings is 2. The zero-order chi connectivity index (χ0) is 21.0. The molecule has 3 aromatic rings. The van der Waals surface area contributed by atoms with Crippen molar-refractivity contribution in [1.82, 2.24) is 4.57 Å². The average molecular weight is 394 g/mol. The smallest absolute Gasteiger partial charge is 0.340 e. The van der Waals surface area contributed by atoms with E-state index in [-0.39, 0.29) is 6.54 Å². The van der Waals surface area contributed by atoms with Crippen molar-refractivity contribution in [3.63, 3.8) is 0 Å². The maximum absolute atomic E-state index is 12.2. The Labute approximate surface area is 168 Å². The fraction of sp³-hybridized carbons (Fsp3) is 0.227. The number of anilines is 1. The fourth-order valence-corrected chi connectivity index (χ4v) is 3.05. The van der Waals surface area contributed by atoms with Gasteiger partial charge in [0.15, 0.2) is 6.61 Å². The molecule has 7 heteroatoms. The summed E-state index contributed by atoms with van der Waals surface area (Å²) in [5.41, 5.74) is 3.76. The average Bonchev–Trinajstić information content (AvgIpc) is 3.08. The molecule has 1 heterocycles. The van der Waals surface area contributed by atoms with Gasteiger partial charge in [-0.25, -0.2) is 4.79 Å². The molecule has 1 N–H and O–H groups in total. The van der Waals surface area contributed by atoms with Crippen LogP contribution in [0.25, 0.3) is 10.9 Å². The predicted molar refractivity (Wildman–Crippen MR) is 109 cm³/mol. The minimum atomic E-state index is -0.585. The molecular formula is C22H22N2O5. The summed E-state index contributed by atoms with van der Waals surface area (Å²) in [6.07, 6.45) is 1.55. The van der Waals surface area contributed by atoms with E-state index in [9.17, 15) is 14.4 Å². The molecule has 1 amide bonds. The molecule has 0 saturated heterocycles. The normalized spacial score (nSPS) is 10.6. The van der Waals surface area contributed by atoms with Gasteiger partial charge < -0.3 is 19.4 Å². The van der Waals surface area contributed by atoms with Gasteiger partial charge in [0, 0.05) is 22.8 Å². The molecule has 29 heavy (non-hydrogen) atoms. The van der Waals surface area contributed by atoms with E-state index in [4.69, 9.17) is 9.47 Å². The highest BCUT2D eigenvalue weighted by molar-refractivity contribution is 6.04. The van der Waals surface area contributed by atoms with Gasteiger partial charge in [-0.2, -0.15) is 0 Å². The quantitative estimate of drug-likeness (QED) is 0.649. The van der Waals surface area contributed by atoms with E-state index in [1.165, 1.54) is 7.11 Å². The van der Waals surface area contributed by atoms with E-state index in [1.807, 2.05) is 32.0 Å². The van der Waals surface area contributed by atoms with Crippen LogP contribution in [-0.4, -0.2) is 36.1 Å². The summed E-state index contributed by atoms with van der Waals surface area (Å²) in [6, 6.07) is 12.8. The Morgan fingerprint density at radius 2 is 1.79 bits per heavy atom. The number of ether oxygens (including phenoxy) is 2. The summed E-state index contributed by atoms with van der Waals surface area (Å²) in [4.78, 5) is 36.3. The molecule has 0 aliphatic carbocycles. The summed E-state index contributed by atoms with van der Waals surface area (Å²) in [5.74, 6) is -1.49. The summed E-state index contributed by atoms with van der Waals surface area (Å²) < 4.78 is 11.5. The van der Waals surface area contributed by atoms with E-state index in [0.29, 0.717) is 22.2 Å². The molecule has 0 saturated carbocycles. The lowest BCUT2D eigenvalue weighted by atomic mass is 10.1. The van der Waals surface area contributed by atoms with Gasteiger partial charge in [-0.15, -0.1) is 0 Å². The number of nitrogens with one attached hydrogen (secondary N) is 1. The van der Waals surface area contributed by atoms with E-state index < -0.39 is 24.5 Å². The molecular weight excluding hydrogens is 372 g/mol. The SMILES string of the molecule is COC(=O)c1cn(CC(=O)OCC(=O)Nc2cccc(C)c2C)c2ccccc12. The van der Waals surface area contributed by atoms with Crippen molar-refractivity contribution in [2.45, 2.75) is 20.4 Å². The first kappa shape index (κ1) is 20.1. The van der Waals surface area contributed by atoms with Crippen LogP contribution in [0.2, 0.25) is 0 Å². The monoisotopic (exact) mass is 394 g/mol. The third kappa shape index (κ3) is 4.45. The van der Waals surface area contributed by atoms with E-state index in [1.54, 1.807) is 35.0 Å². The number of fused-ring (bicyclic) bond motifs is 1. The van der Waals surface area contributed by atoms with Crippen LogP contribution in [0, 0.1) is 13.8 Å². The molecule has 0 aliphatic heterocycles. The Hall–Kier alpha value is -3.61. The largest absolute Gasteiger partial charge is 0.465 e. The van der Waals surface area contributed by atoms with Crippen molar-refractivity contribution in [2.75, 3.05) is 19.0 Å². The molecule has 0 unspecified atom stereocenters. The molecule has 1 aromatic heterocycles. The van der Waals surface area contributed by atoms with Gasteiger partial charge in [0.05, 0.1) is 12.7 Å². The maximum Gasteiger partial charge on any atom is 0.340 e. The second kappa shape index (κ2) is 8.60. The van der Waals surface area contributed by atoms with Crippen LogP contribution >= 0.6 is 0 Å². The number of carbonyl (C=O) groups is 3. The predicted octanol–water partition coefficient (Wildman–Crippen LogP) is 3.23. The number of nitrogens with zero attached hydrogens (tertiary/aromatic N) is 1. The molecule has 7 nitrogen and oxygen atoms in total. The van der Waals surface area contributed by atoms with Crippen LogP contribution in [0.3, 0.4) is 0 Å². The highest BCUT2D eigenvalue weighted by atomic mass is 16.5. The number of hydrogen-bond acceptors (Lipinski definition) is 5. The summed E-state index contributed by atoms with van der Waals surface area (Å²) in [6.45, 7) is 3.34. The van der Waals surface area contributed by atoms with Gasteiger partial charge in [-0.3, -0.25) is 9.59 Å². The second-order valence-corrected chi connectivity index (χ2v) is 6.64. The number of aryl methyl sites for hydroxylation is 1. The van der Waals surface area contributed by atoms with Crippen molar-refractivity contribution >= 4 is 34.4 Å². The number of carbonyl (C=O) groups excluding carboxylic acids is 3. The van der Waals surface area contributed by atoms with Crippen LogP contribution in [0.5, 0.6) is 0 Å². The number of hydrogen-bond donors (Lipinski definition) is 1. The lowest BCUT2D eigenvalue weighted by molar-refractivity contribution is -0.147. The topological polar surface area (TPSA) is 86.6 Å². The molecule has 0 spiro atoms. The molecule has 0 atom stereocenters. The third-order valence-corrected chi connectivity index (χ3v) is 4.74. The van der Waals surface area contributed by atoms with Crippen molar-refractivity contribution in [2.24, 2.45) is 0 Å². The van der Waals surface area contributed by atoms with Crippen LogP contribution < -0.4 is 5.32 Å². The third-order valence-electron chi connectivity index (χ3n) is 4.74. The minimum Gasteiger partial charge on any atom is -0.465 e. The van der Waals surface area contributed by atoms with Crippen molar-refractivity contribution in [3.05, 3.63) is 65.4 Å². The summed E-state index contributed by atoms with van der Waals surface area (Å²) in [5, 5.41) is 3.42. The maximum atomic E-state index is 12.2. The standard InChI is InChI=1S/C22H22N2O5/c1-14-7-6-9-18(15(14)2)23-20(25)13-29-21(26)12-24-11-17(22(27)28-3)16-8-4-5-10-19(16)24/h4-11H,12-13H2,1-3H3,(H,23,25). The van der Waals surface area contributed by atoms with Crippen LogP contribution in [0.1, 0.15) is 21.5 Å². The number of rotatable bonds is 6. The molecule has 0 radical (unpaired) electrons. The zero-order valence-corrected chi connectivity index (χ0v) is 16.5. The van der Waals surface area contributed by atoms with E-state index in [0.717, 1.165) is 11.1 Å². The van der Waals surface area contributed by atoms with Gasteiger partial charge in [-0.1, -0.05) is 30.3 Å². The first-order chi connectivity index (χ1) is 13.9. The highest BCUT2D eigenvalue weighted by Crippen LogP contribution is 2.22. The Morgan fingerprint density at radius 3 is 2.55 bits per heavy atom. The van der Waals surface area contributed by atoms with Crippen molar-refractivity contribution in [1.29, 1.82) is 0 Å². The first-order valence-electron chi connectivity index (χ1n) is 9.08. The van der Waals surface area contributed by atoms with Crippen LogP contribution in [0.15, 0.2) is 48.7 Å². The lowest BCUT2D eigenvalue weighted by Crippen LogP contribution is -2.23. The Morgan fingerprint density at radius 1 is 1.03 bits per heavy atom. The van der Waals surface area contributed by atoms with Crippen LogP contribution in [0.4, 0.5) is 5.69 Å². The van der Waals surface area contributed by atoms with E-state index in [2.05, 4.69) is 5.32 Å². The molecule has 0 fully saturated rings.